The van der Waals surface area contributed by atoms with Crippen LogP contribution in [0.1, 0.15) is 71.1 Å². The van der Waals surface area contributed by atoms with Crippen molar-refractivity contribution in [2.45, 2.75) is 89.3 Å². The fourth-order valence-electron chi connectivity index (χ4n) is 5.10. The first-order valence-corrected chi connectivity index (χ1v) is 8.73. The van der Waals surface area contributed by atoms with Crippen molar-refractivity contribution in [3.8, 4) is 0 Å². The third-order valence-corrected chi connectivity index (χ3v) is 6.07. The lowest BCUT2D eigenvalue weighted by molar-refractivity contribution is -0.0127. The molecule has 3 fully saturated rings. The number of aliphatic hydroxyl groups is 1. The summed E-state index contributed by atoms with van der Waals surface area (Å²) in [6.45, 7) is 3.56. The summed E-state index contributed by atoms with van der Waals surface area (Å²) in [6, 6.07) is 1.30. The average Bonchev–Trinajstić information content (AvgIpc) is 2.85. The minimum atomic E-state index is -0.0474. The summed E-state index contributed by atoms with van der Waals surface area (Å²) < 4.78 is 0. The Morgan fingerprint density at radius 3 is 2.68 bits per heavy atom. The van der Waals surface area contributed by atoms with Gasteiger partial charge >= 0.3 is 0 Å². The van der Waals surface area contributed by atoms with E-state index < -0.39 is 0 Å². The van der Waals surface area contributed by atoms with Gasteiger partial charge in [0.25, 0.3) is 0 Å². The zero-order chi connectivity index (χ0) is 13.2. The van der Waals surface area contributed by atoms with Gasteiger partial charge in [-0.15, -0.1) is 0 Å². The van der Waals surface area contributed by atoms with Crippen LogP contribution < -0.4 is 0 Å². The number of hydrogen-bond acceptors (Lipinski definition) is 2. The van der Waals surface area contributed by atoms with E-state index in [4.69, 9.17) is 0 Å². The summed E-state index contributed by atoms with van der Waals surface area (Å²) in [4.78, 5) is 2.73. The molecule has 0 aromatic carbocycles. The molecular weight excluding hydrogens is 234 g/mol. The molecule has 2 heteroatoms. The summed E-state index contributed by atoms with van der Waals surface area (Å²) in [5.74, 6) is 1.83. The Morgan fingerprint density at radius 2 is 1.84 bits per heavy atom. The number of aliphatic hydroxyl groups excluding tert-OH is 1. The molecule has 2 saturated carbocycles. The molecule has 0 amide bonds. The Balaban J connectivity index is 1.65. The second-order valence-corrected chi connectivity index (χ2v) is 7.24. The molecule has 3 aliphatic rings. The van der Waals surface area contributed by atoms with Crippen LogP contribution in [0.25, 0.3) is 0 Å². The van der Waals surface area contributed by atoms with Gasteiger partial charge in [0.1, 0.15) is 0 Å². The smallest absolute Gasteiger partial charge is 0.0695 e. The van der Waals surface area contributed by atoms with Crippen molar-refractivity contribution in [1.82, 2.24) is 4.90 Å². The van der Waals surface area contributed by atoms with E-state index in [1.807, 2.05) is 0 Å². The Bertz CT molecular complexity index is 293. The van der Waals surface area contributed by atoms with Gasteiger partial charge < -0.3 is 5.11 Å². The van der Waals surface area contributed by atoms with Gasteiger partial charge in [-0.3, -0.25) is 4.90 Å². The zero-order valence-corrected chi connectivity index (χ0v) is 12.6. The Labute approximate surface area is 118 Å². The standard InChI is InChI=1S/C17H31NO/c1-2-5-13-8-9-17(19)16(12-13)18-11-10-14-6-3-4-7-15(14)18/h13-17,19H,2-12H2,1H3. The van der Waals surface area contributed by atoms with Gasteiger partial charge in [-0.1, -0.05) is 32.6 Å². The van der Waals surface area contributed by atoms with Gasteiger partial charge in [0.2, 0.25) is 0 Å². The largest absolute Gasteiger partial charge is 0.391 e. The maximum atomic E-state index is 10.5. The van der Waals surface area contributed by atoms with Gasteiger partial charge in [-0.2, -0.15) is 0 Å². The Hall–Kier alpha value is -0.0800. The molecule has 0 aromatic rings. The highest BCUT2D eigenvalue weighted by Gasteiger charge is 2.42. The minimum absolute atomic E-state index is 0.0474. The van der Waals surface area contributed by atoms with Crippen molar-refractivity contribution in [3.63, 3.8) is 0 Å². The molecule has 1 N–H and O–H groups in total. The van der Waals surface area contributed by atoms with Crippen LogP contribution in [0, 0.1) is 11.8 Å². The summed E-state index contributed by atoms with van der Waals surface area (Å²) >= 11 is 0. The maximum absolute atomic E-state index is 10.5. The van der Waals surface area contributed by atoms with Crippen molar-refractivity contribution < 1.29 is 5.11 Å². The second-order valence-electron chi connectivity index (χ2n) is 7.24. The fourth-order valence-corrected chi connectivity index (χ4v) is 5.10. The van der Waals surface area contributed by atoms with Crippen LogP contribution in [0.3, 0.4) is 0 Å². The summed E-state index contributed by atoms with van der Waals surface area (Å²) in [5, 5.41) is 10.5. The van der Waals surface area contributed by atoms with Crippen LogP contribution in [0.4, 0.5) is 0 Å². The van der Waals surface area contributed by atoms with Crippen LogP contribution in [-0.4, -0.2) is 34.7 Å². The number of hydrogen-bond donors (Lipinski definition) is 1. The van der Waals surface area contributed by atoms with Gasteiger partial charge in [0.05, 0.1) is 6.10 Å². The first-order chi connectivity index (χ1) is 9.29. The molecule has 2 aliphatic carbocycles. The van der Waals surface area contributed by atoms with E-state index in [2.05, 4.69) is 11.8 Å². The van der Waals surface area contributed by atoms with Gasteiger partial charge in [0, 0.05) is 12.1 Å². The van der Waals surface area contributed by atoms with E-state index in [1.165, 1.54) is 64.3 Å². The summed E-state index contributed by atoms with van der Waals surface area (Å²) in [6.07, 6.45) is 13.3. The Kier molecular flexibility index (Phi) is 4.48. The normalized spacial score (nSPS) is 44.2. The quantitative estimate of drug-likeness (QED) is 0.843. The SMILES string of the molecule is CCCC1CCC(O)C(N2CCC3CCCCC32)C1. The van der Waals surface area contributed by atoms with Crippen molar-refractivity contribution in [3.05, 3.63) is 0 Å². The molecule has 0 spiro atoms. The van der Waals surface area contributed by atoms with Gasteiger partial charge in [0.15, 0.2) is 0 Å². The molecule has 5 atom stereocenters. The molecule has 0 radical (unpaired) electrons. The zero-order valence-electron chi connectivity index (χ0n) is 12.6. The second kappa shape index (κ2) is 6.13. The predicted molar refractivity (Wildman–Crippen MR) is 79.1 cm³/mol. The van der Waals surface area contributed by atoms with E-state index in [1.54, 1.807) is 0 Å². The molecule has 1 heterocycles. The van der Waals surface area contributed by atoms with Gasteiger partial charge in [-0.25, -0.2) is 0 Å². The van der Waals surface area contributed by atoms with Crippen LogP contribution >= 0.6 is 0 Å². The van der Waals surface area contributed by atoms with E-state index in [9.17, 15) is 5.11 Å². The van der Waals surface area contributed by atoms with E-state index in [0.717, 1.165) is 24.3 Å². The highest BCUT2D eigenvalue weighted by atomic mass is 16.3. The number of likely N-dealkylation sites (tertiary alicyclic amines) is 1. The van der Waals surface area contributed by atoms with Gasteiger partial charge in [-0.05, 0) is 56.9 Å². The van der Waals surface area contributed by atoms with Crippen molar-refractivity contribution in [1.29, 1.82) is 0 Å². The highest BCUT2D eigenvalue weighted by Crippen LogP contribution is 2.41. The lowest BCUT2D eigenvalue weighted by atomic mass is 9.79. The fraction of sp³-hybridized carbons (Fsp3) is 1.00. The molecule has 0 aromatic heterocycles. The third kappa shape index (κ3) is 2.85. The monoisotopic (exact) mass is 265 g/mol. The molecule has 1 saturated heterocycles. The van der Waals surface area contributed by atoms with E-state index in [0.29, 0.717) is 6.04 Å². The molecule has 5 unspecified atom stereocenters. The molecule has 110 valence electrons. The van der Waals surface area contributed by atoms with Crippen molar-refractivity contribution in [2.24, 2.45) is 11.8 Å². The number of nitrogens with zero attached hydrogens (tertiary/aromatic N) is 1. The number of rotatable bonds is 3. The van der Waals surface area contributed by atoms with E-state index >= 15 is 0 Å². The lowest BCUT2D eigenvalue weighted by Gasteiger charge is -2.43. The summed E-state index contributed by atoms with van der Waals surface area (Å²) in [7, 11) is 0. The maximum Gasteiger partial charge on any atom is 0.0695 e. The molecule has 3 rings (SSSR count). The van der Waals surface area contributed by atoms with Crippen molar-refractivity contribution in [2.75, 3.05) is 6.54 Å². The average molecular weight is 265 g/mol. The summed E-state index contributed by atoms with van der Waals surface area (Å²) in [5.41, 5.74) is 0. The van der Waals surface area contributed by atoms with Crippen LogP contribution in [-0.2, 0) is 0 Å². The molecule has 0 bridgehead atoms. The molecular formula is C17H31NO. The van der Waals surface area contributed by atoms with Crippen LogP contribution in [0.2, 0.25) is 0 Å². The first kappa shape index (κ1) is 13.9. The van der Waals surface area contributed by atoms with Crippen LogP contribution in [0.5, 0.6) is 0 Å². The van der Waals surface area contributed by atoms with Crippen molar-refractivity contribution >= 4 is 0 Å². The highest BCUT2D eigenvalue weighted by molar-refractivity contribution is 4.97. The number of fused-ring (bicyclic) bond motifs is 1. The Morgan fingerprint density at radius 1 is 1.00 bits per heavy atom. The molecule has 1 aliphatic heterocycles. The topological polar surface area (TPSA) is 23.5 Å². The minimum Gasteiger partial charge on any atom is -0.391 e. The lowest BCUT2D eigenvalue weighted by Crippen LogP contribution is -2.50. The third-order valence-electron chi connectivity index (χ3n) is 6.07. The molecule has 19 heavy (non-hydrogen) atoms. The first-order valence-electron chi connectivity index (χ1n) is 8.73. The van der Waals surface area contributed by atoms with Crippen LogP contribution in [0.15, 0.2) is 0 Å². The molecule has 2 nitrogen and oxygen atoms in total. The predicted octanol–water partition coefficient (Wildman–Crippen LogP) is 3.58. The van der Waals surface area contributed by atoms with E-state index in [-0.39, 0.29) is 6.10 Å².